The molecule has 1 atom stereocenters. The number of fused-ring (bicyclic) bond motifs is 1. The van der Waals surface area contributed by atoms with Crippen LogP contribution in [0.5, 0.6) is 11.5 Å². The van der Waals surface area contributed by atoms with Gasteiger partial charge in [0.2, 0.25) is 0 Å². The van der Waals surface area contributed by atoms with E-state index in [1.165, 1.54) is 5.56 Å². The van der Waals surface area contributed by atoms with Gasteiger partial charge in [-0.25, -0.2) is 0 Å². The Morgan fingerprint density at radius 1 is 1.29 bits per heavy atom. The fourth-order valence-electron chi connectivity index (χ4n) is 2.49. The molecule has 0 amide bonds. The van der Waals surface area contributed by atoms with Gasteiger partial charge in [-0.05, 0) is 30.7 Å². The summed E-state index contributed by atoms with van der Waals surface area (Å²) in [6.07, 6.45) is 1.76. The number of benzene rings is 2. The number of para-hydroxylation sites is 1. The SMILES string of the molecule is O=Cc1cc(OCC2CCOc3ccccc32)ccc1Br. The van der Waals surface area contributed by atoms with Crippen LogP contribution in [-0.2, 0) is 0 Å². The molecule has 1 unspecified atom stereocenters. The van der Waals surface area contributed by atoms with Gasteiger partial charge in [-0.1, -0.05) is 34.1 Å². The minimum Gasteiger partial charge on any atom is -0.493 e. The Labute approximate surface area is 132 Å². The Hall–Kier alpha value is -1.81. The minimum absolute atomic E-state index is 0.318. The largest absolute Gasteiger partial charge is 0.493 e. The van der Waals surface area contributed by atoms with Gasteiger partial charge in [-0.2, -0.15) is 0 Å². The summed E-state index contributed by atoms with van der Waals surface area (Å²) < 4.78 is 12.3. The molecule has 0 bridgehead atoms. The molecular weight excluding hydrogens is 332 g/mol. The average Bonchev–Trinajstić information content (AvgIpc) is 2.54. The van der Waals surface area contributed by atoms with Gasteiger partial charge in [0.25, 0.3) is 0 Å². The van der Waals surface area contributed by atoms with Gasteiger partial charge in [0.05, 0.1) is 13.2 Å². The van der Waals surface area contributed by atoms with Crippen molar-refractivity contribution < 1.29 is 14.3 Å². The van der Waals surface area contributed by atoms with E-state index in [0.29, 0.717) is 30.4 Å². The highest BCUT2D eigenvalue weighted by atomic mass is 79.9. The van der Waals surface area contributed by atoms with Crippen molar-refractivity contribution in [3.8, 4) is 11.5 Å². The maximum Gasteiger partial charge on any atom is 0.151 e. The second-order valence-corrected chi connectivity index (χ2v) is 5.84. The maximum atomic E-state index is 10.9. The van der Waals surface area contributed by atoms with Crippen molar-refractivity contribution in [2.45, 2.75) is 12.3 Å². The van der Waals surface area contributed by atoms with Gasteiger partial charge in [0.15, 0.2) is 6.29 Å². The first-order valence-electron chi connectivity index (χ1n) is 6.87. The minimum atomic E-state index is 0.318. The second kappa shape index (κ2) is 6.31. The third kappa shape index (κ3) is 3.10. The van der Waals surface area contributed by atoms with Crippen molar-refractivity contribution in [2.75, 3.05) is 13.2 Å². The number of ether oxygens (including phenoxy) is 2. The zero-order valence-corrected chi connectivity index (χ0v) is 13.0. The lowest BCUT2D eigenvalue weighted by atomic mass is 9.94. The smallest absolute Gasteiger partial charge is 0.151 e. The van der Waals surface area contributed by atoms with E-state index in [2.05, 4.69) is 22.0 Å². The molecule has 3 rings (SSSR count). The van der Waals surface area contributed by atoms with Crippen LogP contribution in [0.3, 0.4) is 0 Å². The van der Waals surface area contributed by atoms with Crippen molar-refractivity contribution in [3.63, 3.8) is 0 Å². The van der Waals surface area contributed by atoms with Gasteiger partial charge in [-0.15, -0.1) is 0 Å². The van der Waals surface area contributed by atoms with E-state index in [4.69, 9.17) is 9.47 Å². The topological polar surface area (TPSA) is 35.5 Å². The summed E-state index contributed by atoms with van der Waals surface area (Å²) in [5, 5.41) is 0. The molecule has 0 aliphatic carbocycles. The molecule has 1 heterocycles. The second-order valence-electron chi connectivity index (χ2n) is 4.98. The lowest BCUT2D eigenvalue weighted by molar-refractivity contribution is 0.112. The summed E-state index contributed by atoms with van der Waals surface area (Å²) in [4.78, 5) is 10.9. The Morgan fingerprint density at radius 3 is 3.00 bits per heavy atom. The summed E-state index contributed by atoms with van der Waals surface area (Å²) in [6.45, 7) is 1.30. The Bertz CT molecular complexity index is 654. The molecule has 2 aromatic carbocycles. The summed E-state index contributed by atoms with van der Waals surface area (Å²) >= 11 is 3.34. The number of hydrogen-bond acceptors (Lipinski definition) is 3. The van der Waals surface area contributed by atoms with E-state index < -0.39 is 0 Å². The molecule has 21 heavy (non-hydrogen) atoms. The molecule has 0 spiro atoms. The van der Waals surface area contributed by atoms with E-state index >= 15 is 0 Å². The summed E-state index contributed by atoms with van der Waals surface area (Å²) in [5.74, 6) is 1.98. The fraction of sp³-hybridized carbons (Fsp3) is 0.235. The van der Waals surface area contributed by atoms with Crippen LogP contribution in [-0.4, -0.2) is 19.5 Å². The molecule has 0 fully saturated rings. The van der Waals surface area contributed by atoms with Gasteiger partial charge in [0.1, 0.15) is 11.5 Å². The molecule has 0 saturated carbocycles. The van der Waals surface area contributed by atoms with Crippen LogP contribution in [0.2, 0.25) is 0 Å². The van der Waals surface area contributed by atoms with E-state index in [0.717, 1.165) is 22.9 Å². The standard InChI is InChI=1S/C17H15BrO3/c18-16-6-5-14(9-13(16)10-19)21-11-12-7-8-20-17-4-2-1-3-15(12)17/h1-6,9-10,12H,7-8,11H2. The molecule has 2 aromatic rings. The van der Waals surface area contributed by atoms with Crippen molar-refractivity contribution >= 4 is 22.2 Å². The average molecular weight is 347 g/mol. The molecule has 0 saturated heterocycles. The first-order chi connectivity index (χ1) is 10.3. The van der Waals surface area contributed by atoms with Gasteiger partial charge in [0, 0.05) is 21.5 Å². The first kappa shape index (κ1) is 14.1. The van der Waals surface area contributed by atoms with Gasteiger partial charge < -0.3 is 9.47 Å². The number of rotatable bonds is 4. The summed E-state index contributed by atoms with van der Waals surface area (Å²) in [5.41, 5.74) is 1.79. The molecular formula is C17H15BrO3. The summed E-state index contributed by atoms with van der Waals surface area (Å²) in [7, 11) is 0. The highest BCUT2D eigenvalue weighted by molar-refractivity contribution is 9.10. The molecule has 0 radical (unpaired) electrons. The highest BCUT2D eigenvalue weighted by Crippen LogP contribution is 2.34. The monoisotopic (exact) mass is 346 g/mol. The van der Waals surface area contributed by atoms with Gasteiger partial charge >= 0.3 is 0 Å². The fourth-order valence-corrected chi connectivity index (χ4v) is 2.83. The Balaban J connectivity index is 1.73. The summed E-state index contributed by atoms with van der Waals surface area (Å²) in [6, 6.07) is 13.5. The van der Waals surface area contributed by atoms with E-state index in [1.807, 2.05) is 30.3 Å². The molecule has 4 heteroatoms. The van der Waals surface area contributed by atoms with E-state index in [9.17, 15) is 4.79 Å². The van der Waals surface area contributed by atoms with E-state index in [-0.39, 0.29) is 0 Å². The normalized spacial score (nSPS) is 16.7. The van der Waals surface area contributed by atoms with E-state index in [1.54, 1.807) is 6.07 Å². The predicted octanol–water partition coefficient (Wildman–Crippen LogP) is 4.21. The first-order valence-corrected chi connectivity index (χ1v) is 7.66. The lowest BCUT2D eigenvalue weighted by Gasteiger charge is -2.25. The molecule has 0 aromatic heterocycles. The van der Waals surface area contributed by atoms with Crippen LogP contribution < -0.4 is 9.47 Å². The van der Waals surface area contributed by atoms with Crippen LogP contribution in [0, 0.1) is 0 Å². The van der Waals surface area contributed by atoms with Crippen LogP contribution >= 0.6 is 15.9 Å². The molecule has 108 valence electrons. The quantitative estimate of drug-likeness (QED) is 0.778. The van der Waals surface area contributed by atoms with Crippen molar-refractivity contribution in [1.29, 1.82) is 0 Å². The molecule has 0 N–H and O–H groups in total. The molecule has 1 aliphatic rings. The predicted molar refractivity (Wildman–Crippen MR) is 84.3 cm³/mol. The zero-order chi connectivity index (χ0) is 14.7. The number of hydrogen-bond donors (Lipinski definition) is 0. The number of carbonyl (C=O) groups is 1. The Morgan fingerprint density at radius 2 is 2.14 bits per heavy atom. The molecule has 1 aliphatic heterocycles. The highest BCUT2D eigenvalue weighted by Gasteiger charge is 2.21. The van der Waals surface area contributed by atoms with Crippen LogP contribution in [0.15, 0.2) is 46.9 Å². The Kier molecular flexibility index (Phi) is 4.25. The number of aldehydes is 1. The third-order valence-electron chi connectivity index (χ3n) is 3.63. The van der Waals surface area contributed by atoms with Crippen molar-refractivity contribution in [1.82, 2.24) is 0 Å². The van der Waals surface area contributed by atoms with Crippen LogP contribution in [0.25, 0.3) is 0 Å². The lowest BCUT2D eigenvalue weighted by Crippen LogP contribution is -2.19. The zero-order valence-electron chi connectivity index (χ0n) is 11.4. The molecule has 3 nitrogen and oxygen atoms in total. The van der Waals surface area contributed by atoms with Crippen LogP contribution in [0.4, 0.5) is 0 Å². The maximum absolute atomic E-state index is 10.9. The van der Waals surface area contributed by atoms with Crippen molar-refractivity contribution in [2.24, 2.45) is 0 Å². The van der Waals surface area contributed by atoms with Gasteiger partial charge in [-0.3, -0.25) is 4.79 Å². The number of halogens is 1. The number of carbonyl (C=O) groups excluding carboxylic acids is 1. The third-order valence-corrected chi connectivity index (χ3v) is 4.35. The van der Waals surface area contributed by atoms with Crippen molar-refractivity contribution in [3.05, 3.63) is 58.1 Å². The van der Waals surface area contributed by atoms with Crippen LogP contribution in [0.1, 0.15) is 28.3 Å².